The number of benzene rings is 1. The molecule has 7 nitrogen and oxygen atoms in total. The van der Waals surface area contributed by atoms with E-state index in [-0.39, 0.29) is 11.9 Å². The highest BCUT2D eigenvalue weighted by atomic mass is 16.2. The number of fused-ring (bicyclic) bond motifs is 1. The van der Waals surface area contributed by atoms with Gasteiger partial charge in [-0.05, 0) is 31.5 Å². The van der Waals surface area contributed by atoms with E-state index < -0.39 is 0 Å². The van der Waals surface area contributed by atoms with Gasteiger partial charge in [-0.3, -0.25) is 9.78 Å². The van der Waals surface area contributed by atoms with Crippen LogP contribution in [0.5, 0.6) is 0 Å². The zero-order valence-electron chi connectivity index (χ0n) is 20.5. The predicted octanol–water partition coefficient (Wildman–Crippen LogP) is 5.07. The van der Waals surface area contributed by atoms with Crippen LogP contribution in [0, 0.1) is 0 Å². The summed E-state index contributed by atoms with van der Waals surface area (Å²) < 4.78 is 1.72. The molecule has 2 N–H and O–H groups in total. The first-order valence-corrected chi connectivity index (χ1v) is 12.0. The van der Waals surface area contributed by atoms with Gasteiger partial charge in [0.05, 0.1) is 23.1 Å². The molecule has 0 aliphatic rings. The van der Waals surface area contributed by atoms with E-state index in [0.29, 0.717) is 30.0 Å². The number of hydrogen-bond acceptors (Lipinski definition) is 5. The summed E-state index contributed by atoms with van der Waals surface area (Å²) in [6.07, 6.45) is 7.25. The number of unbranched alkanes of at least 4 members (excludes halogenated alkanes) is 1. The molecule has 3 aromatic heterocycles. The molecule has 0 aliphatic carbocycles. The SMILES string of the molecule is CC.CCCCN(C[C@H](C)N)C(=O)c1ccnc(-c2cnn3ccc(-c4ccccc4)nc23)c1. The third-order valence-electron chi connectivity index (χ3n) is 5.30. The lowest BCUT2D eigenvalue weighted by Crippen LogP contribution is -2.40. The van der Waals surface area contributed by atoms with Crippen LogP contribution in [0.25, 0.3) is 28.2 Å². The van der Waals surface area contributed by atoms with Crippen LogP contribution in [-0.2, 0) is 0 Å². The fourth-order valence-corrected chi connectivity index (χ4v) is 3.69. The smallest absolute Gasteiger partial charge is 0.254 e. The van der Waals surface area contributed by atoms with Crippen molar-refractivity contribution in [3.63, 3.8) is 0 Å². The number of carbonyl (C=O) groups is 1. The second-order valence-corrected chi connectivity index (χ2v) is 8.02. The minimum absolute atomic E-state index is 0.0335. The van der Waals surface area contributed by atoms with Gasteiger partial charge in [-0.15, -0.1) is 0 Å². The average molecular weight is 459 g/mol. The molecule has 1 aromatic carbocycles. The summed E-state index contributed by atoms with van der Waals surface area (Å²) in [5, 5.41) is 4.42. The summed E-state index contributed by atoms with van der Waals surface area (Å²) in [6, 6.07) is 15.4. The molecule has 7 heteroatoms. The fourth-order valence-electron chi connectivity index (χ4n) is 3.69. The van der Waals surface area contributed by atoms with Gasteiger partial charge in [0.15, 0.2) is 5.65 Å². The molecule has 0 fully saturated rings. The first kappa shape index (κ1) is 25.1. The van der Waals surface area contributed by atoms with Gasteiger partial charge in [0.1, 0.15) is 0 Å². The van der Waals surface area contributed by atoms with Crippen LogP contribution in [0.1, 0.15) is 50.9 Å². The first-order valence-electron chi connectivity index (χ1n) is 12.0. The molecular weight excluding hydrogens is 424 g/mol. The van der Waals surface area contributed by atoms with Crippen LogP contribution in [0.15, 0.2) is 67.1 Å². The number of aromatic nitrogens is 4. The normalized spacial score (nSPS) is 11.6. The van der Waals surface area contributed by atoms with E-state index >= 15 is 0 Å². The maximum absolute atomic E-state index is 13.2. The van der Waals surface area contributed by atoms with Gasteiger partial charge >= 0.3 is 0 Å². The molecule has 4 rings (SSSR count). The summed E-state index contributed by atoms with van der Waals surface area (Å²) in [7, 11) is 0. The Balaban J connectivity index is 0.00000158. The lowest BCUT2D eigenvalue weighted by atomic mass is 10.1. The molecule has 178 valence electrons. The monoisotopic (exact) mass is 458 g/mol. The van der Waals surface area contributed by atoms with Crippen LogP contribution in [0.4, 0.5) is 0 Å². The van der Waals surface area contributed by atoms with Crippen molar-refractivity contribution in [3.05, 3.63) is 72.7 Å². The molecule has 0 radical (unpaired) electrons. The van der Waals surface area contributed by atoms with Crippen molar-refractivity contribution in [2.45, 2.75) is 46.6 Å². The molecule has 1 amide bonds. The van der Waals surface area contributed by atoms with Gasteiger partial charge in [-0.2, -0.15) is 5.10 Å². The molecule has 0 aliphatic heterocycles. The van der Waals surface area contributed by atoms with E-state index in [1.165, 1.54) is 0 Å². The standard InChI is InChI=1S/C25H28N6O.C2H6/c1-3-4-13-30(17-18(2)26)25(32)20-10-12-27-23(15-20)21-16-28-31-14-11-22(29-24(21)31)19-8-6-5-7-9-19;1-2/h5-12,14-16,18H,3-4,13,17,26H2,1-2H3;1-2H3/t18-;/m0./s1. The summed E-state index contributed by atoms with van der Waals surface area (Å²) >= 11 is 0. The second-order valence-electron chi connectivity index (χ2n) is 8.02. The van der Waals surface area contributed by atoms with Gasteiger partial charge in [-0.1, -0.05) is 57.5 Å². The number of carbonyl (C=O) groups excluding carboxylic acids is 1. The fraction of sp³-hybridized carbons (Fsp3) is 0.333. The van der Waals surface area contributed by atoms with Crippen molar-refractivity contribution in [1.82, 2.24) is 24.5 Å². The molecule has 0 saturated carbocycles. The van der Waals surface area contributed by atoms with Gasteiger partial charge in [-0.25, -0.2) is 9.50 Å². The van der Waals surface area contributed by atoms with E-state index in [1.807, 2.05) is 74.3 Å². The maximum atomic E-state index is 13.2. The van der Waals surface area contributed by atoms with E-state index in [4.69, 9.17) is 10.7 Å². The zero-order chi connectivity index (χ0) is 24.5. The summed E-state index contributed by atoms with van der Waals surface area (Å²) in [6.45, 7) is 9.24. The highest BCUT2D eigenvalue weighted by molar-refractivity contribution is 5.95. The van der Waals surface area contributed by atoms with Gasteiger partial charge < -0.3 is 10.6 Å². The molecular formula is C27H34N6O. The third kappa shape index (κ3) is 5.85. The molecule has 0 spiro atoms. The van der Waals surface area contributed by atoms with Crippen molar-refractivity contribution in [1.29, 1.82) is 0 Å². The minimum Gasteiger partial charge on any atom is -0.337 e. The van der Waals surface area contributed by atoms with Crippen molar-refractivity contribution in [2.24, 2.45) is 5.73 Å². The van der Waals surface area contributed by atoms with Crippen molar-refractivity contribution in [2.75, 3.05) is 13.1 Å². The number of hydrogen-bond donors (Lipinski definition) is 1. The van der Waals surface area contributed by atoms with Crippen LogP contribution in [0.3, 0.4) is 0 Å². The molecule has 1 atom stereocenters. The van der Waals surface area contributed by atoms with Gasteiger partial charge in [0.25, 0.3) is 5.91 Å². The Morgan fingerprint density at radius 2 is 1.88 bits per heavy atom. The lowest BCUT2D eigenvalue weighted by molar-refractivity contribution is 0.0745. The molecule has 4 aromatic rings. The quantitative estimate of drug-likeness (QED) is 0.398. The van der Waals surface area contributed by atoms with Crippen LogP contribution >= 0.6 is 0 Å². The number of rotatable bonds is 8. The topological polar surface area (TPSA) is 89.4 Å². The molecule has 3 heterocycles. The Bertz CT molecular complexity index is 1200. The van der Waals surface area contributed by atoms with Crippen molar-refractivity contribution >= 4 is 11.6 Å². The highest BCUT2D eigenvalue weighted by Gasteiger charge is 2.19. The van der Waals surface area contributed by atoms with E-state index in [9.17, 15) is 4.79 Å². The molecule has 0 unspecified atom stereocenters. The Kier molecular flexibility index (Phi) is 8.87. The van der Waals surface area contributed by atoms with Gasteiger partial charge in [0.2, 0.25) is 0 Å². The lowest BCUT2D eigenvalue weighted by Gasteiger charge is -2.24. The van der Waals surface area contributed by atoms with E-state index in [2.05, 4.69) is 17.0 Å². The van der Waals surface area contributed by atoms with Crippen LogP contribution < -0.4 is 5.73 Å². The van der Waals surface area contributed by atoms with Crippen molar-refractivity contribution < 1.29 is 4.79 Å². The third-order valence-corrected chi connectivity index (χ3v) is 5.30. The molecule has 0 saturated heterocycles. The largest absolute Gasteiger partial charge is 0.337 e. The molecule has 0 bridgehead atoms. The molecule has 34 heavy (non-hydrogen) atoms. The predicted molar refractivity (Wildman–Crippen MR) is 137 cm³/mol. The zero-order valence-corrected chi connectivity index (χ0v) is 20.5. The first-order chi connectivity index (χ1) is 16.6. The van der Waals surface area contributed by atoms with Gasteiger partial charge in [0, 0.05) is 42.7 Å². The number of nitrogens with zero attached hydrogens (tertiary/aromatic N) is 5. The number of nitrogens with two attached hydrogens (primary N) is 1. The van der Waals surface area contributed by atoms with Crippen molar-refractivity contribution in [3.8, 4) is 22.5 Å². The van der Waals surface area contributed by atoms with E-state index in [0.717, 1.165) is 29.7 Å². The Morgan fingerprint density at radius 1 is 1.12 bits per heavy atom. The average Bonchev–Trinajstić information content (AvgIpc) is 3.31. The minimum atomic E-state index is -0.0858. The van der Waals surface area contributed by atoms with Crippen LogP contribution in [-0.4, -0.2) is 49.5 Å². The van der Waals surface area contributed by atoms with E-state index in [1.54, 1.807) is 23.0 Å². The number of pyridine rings is 1. The summed E-state index contributed by atoms with van der Waals surface area (Å²) in [4.78, 5) is 24.4. The Labute approximate surface area is 201 Å². The number of amides is 1. The second kappa shape index (κ2) is 12.0. The Morgan fingerprint density at radius 3 is 2.59 bits per heavy atom. The maximum Gasteiger partial charge on any atom is 0.254 e. The Hall–Kier alpha value is -3.58. The van der Waals surface area contributed by atoms with Crippen LogP contribution in [0.2, 0.25) is 0 Å². The highest BCUT2D eigenvalue weighted by Crippen LogP contribution is 2.25. The summed E-state index contributed by atoms with van der Waals surface area (Å²) in [5.41, 5.74) is 10.6. The summed E-state index contributed by atoms with van der Waals surface area (Å²) in [5.74, 6) is -0.0335.